The quantitative estimate of drug-likeness (QED) is 0.718. The van der Waals surface area contributed by atoms with Crippen molar-refractivity contribution in [2.24, 2.45) is 0 Å². The van der Waals surface area contributed by atoms with E-state index in [9.17, 15) is 13.2 Å². The molecule has 0 radical (unpaired) electrons. The zero-order chi connectivity index (χ0) is 19.2. The minimum atomic E-state index is -4.69. The fourth-order valence-electron chi connectivity index (χ4n) is 2.53. The second-order valence-electron chi connectivity index (χ2n) is 5.93. The monoisotopic (exact) mass is 365 g/mol. The molecule has 0 aliphatic carbocycles. The van der Waals surface area contributed by atoms with Crippen LogP contribution in [0.3, 0.4) is 0 Å². The summed E-state index contributed by atoms with van der Waals surface area (Å²) < 4.78 is 46.0. The van der Waals surface area contributed by atoms with E-state index in [0.29, 0.717) is 5.56 Å². The number of hydrogen-bond donors (Lipinski definition) is 1. The van der Waals surface area contributed by atoms with E-state index in [1.807, 2.05) is 44.2 Å². The second kappa shape index (κ2) is 8.76. The van der Waals surface area contributed by atoms with E-state index in [1.54, 1.807) is 19.3 Å². The van der Waals surface area contributed by atoms with Gasteiger partial charge in [-0.25, -0.2) is 0 Å². The van der Waals surface area contributed by atoms with Crippen molar-refractivity contribution in [3.05, 3.63) is 65.7 Å². The van der Waals surface area contributed by atoms with Gasteiger partial charge >= 0.3 is 6.36 Å². The lowest BCUT2D eigenvalue weighted by Crippen LogP contribution is -2.27. The van der Waals surface area contributed by atoms with Crippen LogP contribution in [0.5, 0.6) is 11.5 Å². The zero-order valence-electron chi connectivity index (χ0n) is 14.9. The molecule has 140 valence electrons. The molecule has 0 aliphatic heterocycles. The molecule has 3 nitrogen and oxygen atoms in total. The van der Waals surface area contributed by atoms with Crippen molar-refractivity contribution in [3.8, 4) is 11.5 Å². The van der Waals surface area contributed by atoms with Crippen molar-refractivity contribution in [1.82, 2.24) is 5.32 Å². The Morgan fingerprint density at radius 1 is 1.00 bits per heavy atom. The Balaban J connectivity index is 1.98. The number of alkyl halides is 3. The summed E-state index contributed by atoms with van der Waals surface area (Å²) >= 11 is 0. The first kappa shape index (κ1) is 19.8. The van der Waals surface area contributed by atoms with Gasteiger partial charge in [0.05, 0.1) is 7.11 Å². The van der Waals surface area contributed by atoms with Crippen molar-refractivity contribution in [1.29, 1.82) is 0 Å². The Labute approximate surface area is 151 Å². The fourth-order valence-corrected chi connectivity index (χ4v) is 2.53. The molecular formula is C20H22F3NO2. The van der Waals surface area contributed by atoms with Gasteiger partial charge in [0.2, 0.25) is 0 Å². The Morgan fingerprint density at radius 2 is 1.69 bits per heavy atom. The van der Waals surface area contributed by atoms with Gasteiger partial charge < -0.3 is 14.8 Å². The molecule has 2 rings (SSSR count). The summed E-state index contributed by atoms with van der Waals surface area (Å²) in [5.41, 5.74) is 1.72. The minimum absolute atomic E-state index is 0.0170. The predicted molar refractivity (Wildman–Crippen MR) is 96.2 cm³/mol. The van der Waals surface area contributed by atoms with Crippen LogP contribution in [0.4, 0.5) is 13.2 Å². The maximum atomic E-state index is 12.3. The van der Waals surface area contributed by atoms with Gasteiger partial charge in [0.1, 0.15) is 11.5 Å². The molecule has 2 aromatic rings. The maximum absolute atomic E-state index is 12.3. The van der Waals surface area contributed by atoms with Crippen LogP contribution in [-0.4, -0.2) is 19.5 Å². The second-order valence-corrected chi connectivity index (χ2v) is 5.93. The molecule has 0 fully saturated rings. The Bertz CT molecular complexity index is 744. The number of ether oxygens (including phenoxy) is 2. The summed E-state index contributed by atoms with van der Waals surface area (Å²) in [4.78, 5) is 0. The van der Waals surface area contributed by atoms with Gasteiger partial charge in [-0.2, -0.15) is 0 Å². The smallest absolute Gasteiger partial charge is 0.497 e. The third-order valence-electron chi connectivity index (χ3n) is 3.78. The predicted octanol–water partition coefficient (Wildman–Crippen LogP) is 5.35. The first-order valence-electron chi connectivity index (χ1n) is 8.21. The zero-order valence-corrected chi connectivity index (χ0v) is 14.9. The molecule has 0 bridgehead atoms. The lowest BCUT2D eigenvalue weighted by molar-refractivity contribution is -0.274. The van der Waals surface area contributed by atoms with Crippen LogP contribution in [0.2, 0.25) is 0 Å². The minimum Gasteiger partial charge on any atom is -0.497 e. The number of benzene rings is 2. The molecule has 0 saturated heterocycles. The summed E-state index contributed by atoms with van der Waals surface area (Å²) in [7, 11) is 1.62. The SMILES string of the molecule is COc1cccc(C(C)NC(C)/C=C/c2cccc(OC(F)(F)F)c2)c1. The average molecular weight is 365 g/mol. The molecule has 1 N–H and O–H groups in total. The van der Waals surface area contributed by atoms with Gasteiger partial charge in [-0.3, -0.25) is 0 Å². The molecule has 6 heteroatoms. The van der Waals surface area contributed by atoms with E-state index in [4.69, 9.17) is 4.74 Å². The number of rotatable bonds is 7. The highest BCUT2D eigenvalue weighted by Crippen LogP contribution is 2.24. The van der Waals surface area contributed by atoms with E-state index in [0.717, 1.165) is 11.3 Å². The first-order valence-corrected chi connectivity index (χ1v) is 8.21. The highest BCUT2D eigenvalue weighted by atomic mass is 19.4. The van der Waals surface area contributed by atoms with E-state index in [1.165, 1.54) is 18.2 Å². The van der Waals surface area contributed by atoms with Crippen LogP contribution in [-0.2, 0) is 0 Å². The van der Waals surface area contributed by atoms with Gasteiger partial charge in [-0.05, 0) is 49.2 Å². The number of methoxy groups -OCH3 is 1. The topological polar surface area (TPSA) is 30.5 Å². The Morgan fingerprint density at radius 3 is 2.38 bits per heavy atom. The van der Waals surface area contributed by atoms with Crippen LogP contribution in [0.25, 0.3) is 6.08 Å². The highest BCUT2D eigenvalue weighted by molar-refractivity contribution is 5.52. The summed E-state index contributed by atoms with van der Waals surface area (Å²) in [6.45, 7) is 4.01. The summed E-state index contributed by atoms with van der Waals surface area (Å²) in [5, 5.41) is 3.42. The normalized spacial score (nSPS) is 14.2. The lowest BCUT2D eigenvalue weighted by Gasteiger charge is -2.18. The number of nitrogens with one attached hydrogen (secondary N) is 1. The maximum Gasteiger partial charge on any atom is 0.573 e. The fraction of sp³-hybridized carbons (Fsp3) is 0.300. The number of hydrogen-bond acceptors (Lipinski definition) is 3. The molecule has 0 heterocycles. The summed E-state index contributed by atoms with van der Waals surface area (Å²) in [6, 6.07) is 13.8. The summed E-state index contributed by atoms with van der Waals surface area (Å²) in [6.07, 6.45) is -1.04. The van der Waals surface area contributed by atoms with E-state index >= 15 is 0 Å². The lowest BCUT2D eigenvalue weighted by atomic mass is 10.1. The van der Waals surface area contributed by atoms with E-state index < -0.39 is 6.36 Å². The molecular weight excluding hydrogens is 343 g/mol. The largest absolute Gasteiger partial charge is 0.573 e. The Kier molecular flexibility index (Phi) is 6.69. The molecule has 0 saturated carbocycles. The molecule has 0 aliphatic rings. The average Bonchev–Trinajstić information content (AvgIpc) is 2.59. The van der Waals surface area contributed by atoms with Crippen LogP contribution in [0.1, 0.15) is 31.0 Å². The van der Waals surface area contributed by atoms with Crippen LogP contribution in [0.15, 0.2) is 54.6 Å². The molecule has 2 unspecified atom stereocenters. The molecule has 26 heavy (non-hydrogen) atoms. The van der Waals surface area contributed by atoms with Crippen molar-refractivity contribution in [2.45, 2.75) is 32.3 Å². The molecule has 2 aromatic carbocycles. The van der Waals surface area contributed by atoms with Gasteiger partial charge in [0, 0.05) is 12.1 Å². The molecule has 0 amide bonds. The molecule has 0 spiro atoms. The summed E-state index contributed by atoms with van der Waals surface area (Å²) in [5.74, 6) is 0.561. The van der Waals surface area contributed by atoms with Crippen LogP contribution >= 0.6 is 0 Å². The molecule has 0 aromatic heterocycles. The number of halogens is 3. The third-order valence-corrected chi connectivity index (χ3v) is 3.78. The molecule has 2 atom stereocenters. The van der Waals surface area contributed by atoms with Gasteiger partial charge in [0.15, 0.2) is 0 Å². The van der Waals surface area contributed by atoms with Crippen molar-refractivity contribution in [2.75, 3.05) is 7.11 Å². The third kappa shape index (κ3) is 6.44. The van der Waals surface area contributed by atoms with Crippen molar-refractivity contribution in [3.63, 3.8) is 0 Å². The van der Waals surface area contributed by atoms with Gasteiger partial charge in [-0.15, -0.1) is 13.2 Å². The van der Waals surface area contributed by atoms with Gasteiger partial charge in [-0.1, -0.05) is 36.4 Å². The Hall–Kier alpha value is -2.47. The van der Waals surface area contributed by atoms with Crippen molar-refractivity contribution >= 4 is 6.08 Å². The van der Waals surface area contributed by atoms with E-state index in [-0.39, 0.29) is 17.8 Å². The highest BCUT2D eigenvalue weighted by Gasteiger charge is 2.31. The van der Waals surface area contributed by atoms with Crippen LogP contribution in [0, 0.1) is 0 Å². The van der Waals surface area contributed by atoms with E-state index in [2.05, 4.69) is 10.1 Å². The standard InChI is InChI=1S/C20H22F3NO2/c1-14(24-15(2)17-7-5-8-18(13-17)25-3)10-11-16-6-4-9-19(12-16)26-20(21,22)23/h4-15,24H,1-3H3/b11-10+. The van der Waals surface area contributed by atoms with Gasteiger partial charge in [0.25, 0.3) is 0 Å². The van der Waals surface area contributed by atoms with Crippen LogP contribution < -0.4 is 14.8 Å². The first-order chi connectivity index (χ1) is 12.3. The van der Waals surface area contributed by atoms with Crippen molar-refractivity contribution < 1.29 is 22.6 Å².